The first-order valence-corrected chi connectivity index (χ1v) is 6.39. The van der Waals surface area contributed by atoms with Crippen molar-refractivity contribution in [1.82, 2.24) is 19.0 Å². The largest absolute Gasteiger partial charge is 0.309 e. The minimum Gasteiger partial charge on any atom is -0.309 e. The van der Waals surface area contributed by atoms with Gasteiger partial charge in [-0.1, -0.05) is 6.92 Å². The molecule has 0 amide bonds. The fourth-order valence-corrected chi connectivity index (χ4v) is 2.51. The predicted molar refractivity (Wildman–Crippen MR) is 62.1 cm³/mol. The number of nitrogens with zero attached hydrogens (tertiary/aromatic N) is 3. The Morgan fingerprint density at radius 3 is 3.00 bits per heavy atom. The van der Waals surface area contributed by atoms with Crippen LogP contribution in [0.15, 0.2) is 17.9 Å². The van der Waals surface area contributed by atoms with E-state index in [1.807, 2.05) is 17.9 Å². The first-order valence-electron chi connectivity index (χ1n) is 4.78. The van der Waals surface area contributed by atoms with Gasteiger partial charge in [0, 0.05) is 17.5 Å². The highest BCUT2D eigenvalue weighted by atomic mass is 32.1. The fourth-order valence-electron chi connectivity index (χ4n) is 1.40. The Balaban J connectivity index is 2.07. The summed E-state index contributed by atoms with van der Waals surface area (Å²) >= 11 is 2.93. The predicted octanol–water partition coefficient (Wildman–Crippen LogP) is 1.89. The number of aromatic nitrogens is 3. The van der Waals surface area contributed by atoms with Gasteiger partial charge in [-0.15, -0.1) is 11.3 Å². The van der Waals surface area contributed by atoms with Crippen LogP contribution in [0, 0.1) is 0 Å². The summed E-state index contributed by atoms with van der Waals surface area (Å²) in [5.41, 5.74) is 2.88. The summed E-state index contributed by atoms with van der Waals surface area (Å²) in [4.78, 5) is 5.35. The van der Waals surface area contributed by atoms with Crippen molar-refractivity contribution in [2.75, 3.05) is 6.54 Å². The van der Waals surface area contributed by atoms with Crippen LogP contribution in [0.25, 0.3) is 0 Å². The molecule has 6 heteroatoms. The Labute approximate surface area is 96.7 Å². The third-order valence-electron chi connectivity index (χ3n) is 2.07. The molecule has 2 aromatic rings. The number of hydrogen-bond acceptors (Lipinski definition) is 6. The van der Waals surface area contributed by atoms with Crippen LogP contribution in [-0.4, -0.2) is 20.3 Å². The van der Waals surface area contributed by atoms with E-state index in [2.05, 4.69) is 26.0 Å². The summed E-state index contributed by atoms with van der Waals surface area (Å²) in [6.45, 7) is 3.03. The van der Waals surface area contributed by atoms with Crippen LogP contribution in [0.2, 0.25) is 0 Å². The molecule has 0 radical (unpaired) electrons. The molecule has 0 bridgehead atoms. The molecule has 0 aliphatic heterocycles. The second-order valence-corrected chi connectivity index (χ2v) is 4.64. The van der Waals surface area contributed by atoms with Gasteiger partial charge in [0.1, 0.15) is 0 Å². The topological polar surface area (TPSA) is 50.7 Å². The molecule has 2 rings (SSSR count). The van der Waals surface area contributed by atoms with E-state index in [9.17, 15) is 0 Å². The number of nitrogens with one attached hydrogen (secondary N) is 1. The van der Waals surface area contributed by atoms with Gasteiger partial charge in [-0.05, 0) is 6.54 Å². The number of likely N-dealkylation sites (N-methyl/N-ethyl adjacent to an activating group) is 1. The van der Waals surface area contributed by atoms with E-state index in [1.54, 1.807) is 11.3 Å². The molecule has 0 aliphatic rings. The first-order chi connectivity index (χ1) is 7.40. The molecule has 0 fully saturated rings. The van der Waals surface area contributed by atoms with Crippen molar-refractivity contribution in [3.8, 4) is 0 Å². The molecule has 2 heterocycles. The molecule has 4 nitrogen and oxygen atoms in total. The number of thiazole rings is 1. The second kappa shape index (κ2) is 5.29. The Morgan fingerprint density at radius 2 is 2.40 bits per heavy atom. The maximum atomic E-state index is 4.27. The van der Waals surface area contributed by atoms with Gasteiger partial charge in [-0.2, -0.15) is 8.75 Å². The highest BCUT2D eigenvalue weighted by Gasteiger charge is 2.14. The van der Waals surface area contributed by atoms with Crippen LogP contribution in [-0.2, 0) is 6.42 Å². The molecule has 0 spiro atoms. The van der Waals surface area contributed by atoms with Crippen LogP contribution in [0.5, 0.6) is 0 Å². The van der Waals surface area contributed by atoms with E-state index < -0.39 is 0 Å². The lowest BCUT2D eigenvalue weighted by Crippen LogP contribution is -2.22. The minimum absolute atomic E-state index is 0.259. The van der Waals surface area contributed by atoms with Crippen molar-refractivity contribution in [2.24, 2.45) is 0 Å². The highest BCUT2D eigenvalue weighted by Crippen LogP contribution is 2.18. The Hall–Kier alpha value is -0.850. The molecular formula is C9H12N4S2. The molecule has 0 aliphatic carbocycles. The number of hydrogen-bond donors (Lipinski definition) is 1. The van der Waals surface area contributed by atoms with Crippen molar-refractivity contribution in [1.29, 1.82) is 0 Å². The average molecular weight is 240 g/mol. The summed E-state index contributed by atoms with van der Waals surface area (Å²) in [5.74, 6) is 0. The third kappa shape index (κ3) is 2.80. The van der Waals surface area contributed by atoms with E-state index in [-0.39, 0.29) is 6.04 Å². The molecule has 0 saturated carbocycles. The molecule has 1 N–H and O–H groups in total. The molecule has 1 atom stereocenters. The van der Waals surface area contributed by atoms with Gasteiger partial charge in [-0.3, -0.25) is 4.98 Å². The molecule has 0 aromatic carbocycles. The maximum absolute atomic E-state index is 4.27. The Kier molecular flexibility index (Phi) is 3.76. The quantitative estimate of drug-likeness (QED) is 0.867. The molecule has 15 heavy (non-hydrogen) atoms. The van der Waals surface area contributed by atoms with Crippen molar-refractivity contribution in [3.63, 3.8) is 0 Å². The van der Waals surface area contributed by atoms with Gasteiger partial charge in [0.2, 0.25) is 0 Å². The summed E-state index contributed by atoms with van der Waals surface area (Å²) in [7, 11) is 0. The van der Waals surface area contributed by atoms with Crippen molar-refractivity contribution < 1.29 is 0 Å². The second-order valence-electron chi connectivity index (χ2n) is 3.11. The molecule has 80 valence electrons. The van der Waals surface area contributed by atoms with Gasteiger partial charge in [0.05, 0.1) is 35.2 Å². The Bertz CT molecular complexity index is 371. The van der Waals surface area contributed by atoms with Gasteiger partial charge in [-0.25, -0.2) is 0 Å². The summed E-state index contributed by atoms with van der Waals surface area (Å²) in [6.07, 6.45) is 4.68. The van der Waals surface area contributed by atoms with Crippen molar-refractivity contribution in [2.45, 2.75) is 19.4 Å². The molecule has 1 unspecified atom stereocenters. The van der Waals surface area contributed by atoms with E-state index in [0.29, 0.717) is 0 Å². The molecule has 2 aromatic heterocycles. The van der Waals surface area contributed by atoms with E-state index in [0.717, 1.165) is 18.7 Å². The SMILES string of the molecule is CCNC(Cc1cncs1)c1cnsn1. The van der Waals surface area contributed by atoms with E-state index in [4.69, 9.17) is 0 Å². The summed E-state index contributed by atoms with van der Waals surface area (Å²) in [6, 6.07) is 0.259. The lowest BCUT2D eigenvalue weighted by atomic mass is 10.1. The van der Waals surface area contributed by atoms with Crippen LogP contribution in [0.1, 0.15) is 23.5 Å². The van der Waals surface area contributed by atoms with E-state index in [1.165, 1.54) is 16.6 Å². The smallest absolute Gasteiger partial charge is 0.0915 e. The normalized spacial score (nSPS) is 12.9. The van der Waals surface area contributed by atoms with Crippen molar-refractivity contribution in [3.05, 3.63) is 28.5 Å². The monoisotopic (exact) mass is 240 g/mol. The maximum Gasteiger partial charge on any atom is 0.0915 e. The van der Waals surface area contributed by atoms with Crippen molar-refractivity contribution >= 4 is 23.1 Å². The van der Waals surface area contributed by atoms with Crippen LogP contribution >= 0.6 is 23.1 Å². The van der Waals surface area contributed by atoms with Gasteiger partial charge < -0.3 is 5.32 Å². The lowest BCUT2D eigenvalue weighted by molar-refractivity contribution is 0.543. The zero-order valence-electron chi connectivity index (χ0n) is 8.38. The minimum atomic E-state index is 0.259. The molecular weight excluding hydrogens is 228 g/mol. The number of rotatable bonds is 5. The fraction of sp³-hybridized carbons (Fsp3) is 0.444. The van der Waals surface area contributed by atoms with Gasteiger partial charge in [0.15, 0.2) is 0 Å². The zero-order valence-corrected chi connectivity index (χ0v) is 10.0. The van der Waals surface area contributed by atoms with Gasteiger partial charge >= 0.3 is 0 Å². The third-order valence-corrected chi connectivity index (χ3v) is 3.37. The van der Waals surface area contributed by atoms with Crippen LogP contribution in [0.3, 0.4) is 0 Å². The standard InChI is InChI=1S/C9H12N4S2/c1-2-11-8(9-5-12-15-13-9)3-7-4-10-6-14-7/h4-6,8,11H,2-3H2,1H3. The van der Waals surface area contributed by atoms with E-state index >= 15 is 0 Å². The lowest BCUT2D eigenvalue weighted by Gasteiger charge is -2.13. The first kappa shape index (κ1) is 10.7. The summed E-state index contributed by atoms with van der Waals surface area (Å²) < 4.78 is 8.30. The highest BCUT2D eigenvalue weighted by molar-refractivity contribution is 7.09. The Morgan fingerprint density at radius 1 is 1.47 bits per heavy atom. The van der Waals surface area contributed by atoms with Crippen LogP contribution < -0.4 is 5.32 Å². The van der Waals surface area contributed by atoms with Crippen LogP contribution in [0.4, 0.5) is 0 Å². The molecule has 0 saturated heterocycles. The van der Waals surface area contributed by atoms with Gasteiger partial charge in [0.25, 0.3) is 0 Å². The summed E-state index contributed by atoms with van der Waals surface area (Å²) in [5, 5.41) is 3.41. The average Bonchev–Trinajstić information content (AvgIpc) is 2.89. The zero-order chi connectivity index (χ0) is 10.5.